The SMILES string of the molecule is CC1CCC(NC2CCCCCC2NC(=O)OC(C)(C)C)C1. The Morgan fingerprint density at radius 2 is 1.68 bits per heavy atom. The van der Waals surface area contributed by atoms with Gasteiger partial charge in [-0.3, -0.25) is 0 Å². The molecule has 0 spiro atoms. The lowest BCUT2D eigenvalue weighted by Gasteiger charge is -2.31. The Balaban J connectivity index is 1.90. The fourth-order valence-electron chi connectivity index (χ4n) is 3.80. The van der Waals surface area contributed by atoms with Crippen molar-refractivity contribution in [3.8, 4) is 0 Å². The molecule has 4 atom stereocenters. The number of nitrogens with one attached hydrogen (secondary N) is 2. The van der Waals surface area contributed by atoms with Crippen molar-refractivity contribution >= 4 is 6.09 Å². The van der Waals surface area contributed by atoms with E-state index >= 15 is 0 Å². The highest BCUT2D eigenvalue weighted by Crippen LogP contribution is 2.27. The zero-order valence-corrected chi connectivity index (χ0v) is 14.8. The molecule has 4 nitrogen and oxygen atoms in total. The number of hydrogen-bond acceptors (Lipinski definition) is 3. The van der Waals surface area contributed by atoms with Crippen LogP contribution in [0, 0.1) is 5.92 Å². The standard InChI is InChI=1S/C18H34N2O2/c1-13-10-11-14(12-13)19-15-8-6-5-7-9-16(15)20-17(21)22-18(2,3)4/h13-16,19H,5-12H2,1-4H3,(H,20,21). The van der Waals surface area contributed by atoms with Gasteiger partial charge in [-0.25, -0.2) is 4.79 Å². The predicted octanol–water partition coefficient (Wildman–Crippen LogP) is 3.99. The Labute approximate surface area is 135 Å². The van der Waals surface area contributed by atoms with Crippen LogP contribution in [0.25, 0.3) is 0 Å². The molecule has 0 aliphatic heterocycles. The van der Waals surface area contributed by atoms with E-state index in [1.807, 2.05) is 20.8 Å². The maximum Gasteiger partial charge on any atom is 0.407 e. The first-order valence-corrected chi connectivity index (χ1v) is 9.09. The average Bonchev–Trinajstić information content (AvgIpc) is 2.66. The van der Waals surface area contributed by atoms with Gasteiger partial charge in [0.2, 0.25) is 0 Å². The van der Waals surface area contributed by atoms with Gasteiger partial charge in [0, 0.05) is 18.1 Å². The monoisotopic (exact) mass is 310 g/mol. The number of alkyl carbamates (subject to hydrolysis) is 1. The normalized spacial score (nSPS) is 33.3. The first-order chi connectivity index (χ1) is 10.3. The maximum absolute atomic E-state index is 12.1. The highest BCUT2D eigenvalue weighted by atomic mass is 16.6. The second-order valence-electron chi connectivity index (χ2n) is 8.28. The summed E-state index contributed by atoms with van der Waals surface area (Å²) in [7, 11) is 0. The fourth-order valence-corrected chi connectivity index (χ4v) is 3.80. The largest absolute Gasteiger partial charge is 0.444 e. The van der Waals surface area contributed by atoms with Gasteiger partial charge in [0.1, 0.15) is 5.60 Å². The number of amides is 1. The third-order valence-corrected chi connectivity index (χ3v) is 4.86. The molecule has 0 bridgehead atoms. The molecular formula is C18H34N2O2. The van der Waals surface area contributed by atoms with Gasteiger partial charge in [0.25, 0.3) is 0 Å². The highest BCUT2D eigenvalue weighted by Gasteiger charge is 2.30. The van der Waals surface area contributed by atoms with Crippen LogP contribution in [0.3, 0.4) is 0 Å². The van der Waals surface area contributed by atoms with Crippen LogP contribution in [0.2, 0.25) is 0 Å². The van der Waals surface area contributed by atoms with Crippen molar-refractivity contribution in [1.29, 1.82) is 0 Å². The summed E-state index contributed by atoms with van der Waals surface area (Å²) < 4.78 is 5.44. The van der Waals surface area contributed by atoms with Gasteiger partial charge >= 0.3 is 6.09 Å². The number of carbonyl (C=O) groups excluding carboxylic acids is 1. The Kier molecular flexibility index (Phi) is 6.13. The van der Waals surface area contributed by atoms with E-state index in [0.29, 0.717) is 12.1 Å². The highest BCUT2D eigenvalue weighted by molar-refractivity contribution is 5.68. The molecule has 4 unspecified atom stereocenters. The van der Waals surface area contributed by atoms with Crippen molar-refractivity contribution in [2.45, 2.75) is 103 Å². The lowest BCUT2D eigenvalue weighted by Crippen LogP contribution is -2.52. The molecule has 4 heteroatoms. The molecule has 0 aromatic carbocycles. The minimum absolute atomic E-state index is 0.202. The van der Waals surface area contributed by atoms with Crippen LogP contribution < -0.4 is 10.6 Å². The lowest BCUT2D eigenvalue weighted by atomic mass is 10.0. The summed E-state index contributed by atoms with van der Waals surface area (Å²) in [6.07, 6.45) is 9.54. The second kappa shape index (κ2) is 7.67. The Morgan fingerprint density at radius 3 is 2.27 bits per heavy atom. The van der Waals surface area contributed by atoms with E-state index in [4.69, 9.17) is 4.74 Å². The van der Waals surface area contributed by atoms with Crippen molar-refractivity contribution in [3.63, 3.8) is 0 Å². The summed E-state index contributed by atoms with van der Waals surface area (Å²) in [4.78, 5) is 12.1. The second-order valence-corrected chi connectivity index (χ2v) is 8.28. The van der Waals surface area contributed by atoms with E-state index in [2.05, 4.69) is 17.6 Å². The van der Waals surface area contributed by atoms with Crippen molar-refractivity contribution in [2.24, 2.45) is 5.92 Å². The van der Waals surface area contributed by atoms with E-state index in [1.54, 1.807) is 0 Å². The maximum atomic E-state index is 12.1. The fraction of sp³-hybridized carbons (Fsp3) is 0.944. The van der Waals surface area contributed by atoms with Crippen LogP contribution in [0.1, 0.15) is 79.1 Å². The molecule has 0 aromatic rings. The van der Waals surface area contributed by atoms with Gasteiger partial charge in [-0.2, -0.15) is 0 Å². The van der Waals surface area contributed by atoms with E-state index in [-0.39, 0.29) is 12.1 Å². The third-order valence-electron chi connectivity index (χ3n) is 4.86. The summed E-state index contributed by atoms with van der Waals surface area (Å²) in [5, 5.41) is 6.96. The molecule has 2 aliphatic carbocycles. The molecule has 0 heterocycles. The summed E-state index contributed by atoms with van der Waals surface area (Å²) in [6.45, 7) is 8.07. The van der Waals surface area contributed by atoms with Gasteiger partial charge in [-0.05, 0) is 58.8 Å². The molecule has 2 fully saturated rings. The van der Waals surface area contributed by atoms with Crippen molar-refractivity contribution in [1.82, 2.24) is 10.6 Å². The molecule has 0 saturated heterocycles. The smallest absolute Gasteiger partial charge is 0.407 e. The summed E-state index contributed by atoms with van der Waals surface area (Å²) in [6, 6.07) is 1.22. The first-order valence-electron chi connectivity index (χ1n) is 9.09. The van der Waals surface area contributed by atoms with Crippen LogP contribution in [-0.2, 0) is 4.74 Å². The molecular weight excluding hydrogens is 276 g/mol. The van der Waals surface area contributed by atoms with Crippen LogP contribution in [0.4, 0.5) is 4.79 Å². The van der Waals surface area contributed by atoms with Crippen LogP contribution in [0.15, 0.2) is 0 Å². The minimum Gasteiger partial charge on any atom is -0.444 e. The Bertz CT molecular complexity index is 365. The molecule has 1 amide bonds. The van der Waals surface area contributed by atoms with Crippen molar-refractivity contribution in [2.75, 3.05) is 0 Å². The van der Waals surface area contributed by atoms with Crippen molar-refractivity contribution in [3.05, 3.63) is 0 Å². The van der Waals surface area contributed by atoms with Gasteiger partial charge in [-0.15, -0.1) is 0 Å². The van der Waals surface area contributed by atoms with Gasteiger partial charge in [0.15, 0.2) is 0 Å². The molecule has 128 valence electrons. The third kappa shape index (κ3) is 5.79. The van der Waals surface area contributed by atoms with Crippen LogP contribution in [-0.4, -0.2) is 29.8 Å². The molecule has 0 aromatic heterocycles. The van der Waals surface area contributed by atoms with Crippen LogP contribution >= 0.6 is 0 Å². The topological polar surface area (TPSA) is 50.4 Å². The summed E-state index contributed by atoms with van der Waals surface area (Å²) in [5.74, 6) is 0.834. The zero-order chi connectivity index (χ0) is 16.2. The number of ether oxygens (including phenoxy) is 1. The average molecular weight is 310 g/mol. The van der Waals surface area contributed by atoms with E-state index in [0.717, 1.165) is 18.8 Å². The van der Waals surface area contributed by atoms with Crippen LogP contribution in [0.5, 0.6) is 0 Å². The minimum atomic E-state index is -0.432. The number of hydrogen-bond donors (Lipinski definition) is 2. The van der Waals surface area contributed by atoms with Gasteiger partial charge in [0.05, 0.1) is 0 Å². The summed E-state index contributed by atoms with van der Waals surface area (Å²) >= 11 is 0. The molecule has 2 aliphatic rings. The Morgan fingerprint density at radius 1 is 1.00 bits per heavy atom. The van der Waals surface area contributed by atoms with E-state index in [9.17, 15) is 4.79 Å². The summed E-state index contributed by atoms with van der Waals surface area (Å²) in [5.41, 5.74) is -0.432. The lowest BCUT2D eigenvalue weighted by molar-refractivity contribution is 0.0488. The van der Waals surface area contributed by atoms with Gasteiger partial charge < -0.3 is 15.4 Å². The van der Waals surface area contributed by atoms with Gasteiger partial charge in [-0.1, -0.05) is 26.2 Å². The number of rotatable bonds is 3. The Hall–Kier alpha value is -0.770. The molecule has 2 N–H and O–H groups in total. The predicted molar refractivity (Wildman–Crippen MR) is 90.0 cm³/mol. The quantitative estimate of drug-likeness (QED) is 0.775. The van der Waals surface area contributed by atoms with E-state index < -0.39 is 5.60 Å². The van der Waals surface area contributed by atoms with E-state index in [1.165, 1.54) is 38.5 Å². The van der Waals surface area contributed by atoms with Crippen molar-refractivity contribution < 1.29 is 9.53 Å². The molecule has 2 saturated carbocycles. The number of carbonyl (C=O) groups is 1. The zero-order valence-electron chi connectivity index (χ0n) is 14.8. The molecule has 2 rings (SSSR count). The first kappa shape index (κ1) is 17.6. The molecule has 0 radical (unpaired) electrons. The molecule has 22 heavy (non-hydrogen) atoms.